The molecule has 156 valence electrons. The van der Waals surface area contributed by atoms with E-state index in [9.17, 15) is 14.4 Å². The molecule has 3 unspecified atom stereocenters. The van der Waals surface area contributed by atoms with Gasteiger partial charge in [0.2, 0.25) is 0 Å². The minimum Gasteiger partial charge on any atom is -0.346 e. The van der Waals surface area contributed by atoms with E-state index in [1.807, 2.05) is 24.3 Å². The van der Waals surface area contributed by atoms with Gasteiger partial charge in [-0.1, -0.05) is 30.0 Å². The number of likely N-dealkylation sites (tertiary alicyclic amines) is 1. The first-order valence-electron chi connectivity index (χ1n) is 10.2. The fourth-order valence-corrected chi connectivity index (χ4v) is 5.48. The highest BCUT2D eigenvalue weighted by atomic mass is 32.2. The summed E-state index contributed by atoms with van der Waals surface area (Å²) in [7, 11) is 0. The number of benzene rings is 2. The third-order valence-corrected chi connectivity index (χ3v) is 7.04. The van der Waals surface area contributed by atoms with Crippen LogP contribution in [0.3, 0.4) is 0 Å². The van der Waals surface area contributed by atoms with Crippen LogP contribution in [-0.2, 0) is 0 Å². The lowest BCUT2D eigenvalue weighted by atomic mass is 10.1. The highest BCUT2D eigenvalue weighted by Crippen LogP contribution is 2.38. The number of halogens is 1. The van der Waals surface area contributed by atoms with E-state index in [0.717, 1.165) is 40.4 Å². The summed E-state index contributed by atoms with van der Waals surface area (Å²) in [6.07, 6.45) is 4.09. The number of nitrogens with one attached hydrogen (secondary N) is 2. The SMILES string of the molecule is N#CN1CC2CC(NC(=O)c3cc(-c4ccccc4Sc4ccc(F)cc4)[nH]n3)C1C2. The molecule has 1 aliphatic heterocycles. The van der Waals surface area contributed by atoms with Crippen molar-refractivity contribution in [2.24, 2.45) is 5.92 Å². The fourth-order valence-electron chi connectivity index (χ4n) is 4.52. The number of fused-ring (bicyclic) bond motifs is 2. The minimum absolute atomic E-state index is 0.0210. The lowest BCUT2D eigenvalue weighted by Gasteiger charge is -2.29. The normalized spacial score (nSPS) is 21.8. The summed E-state index contributed by atoms with van der Waals surface area (Å²) in [5, 5.41) is 19.5. The third kappa shape index (κ3) is 3.89. The van der Waals surface area contributed by atoms with E-state index in [0.29, 0.717) is 11.6 Å². The second-order valence-electron chi connectivity index (χ2n) is 7.96. The number of hydrogen-bond donors (Lipinski definition) is 2. The van der Waals surface area contributed by atoms with Gasteiger partial charge in [0.25, 0.3) is 5.91 Å². The van der Waals surface area contributed by atoms with Crippen molar-refractivity contribution < 1.29 is 9.18 Å². The van der Waals surface area contributed by atoms with Gasteiger partial charge >= 0.3 is 0 Å². The van der Waals surface area contributed by atoms with E-state index in [4.69, 9.17) is 0 Å². The molecule has 0 radical (unpaired) electrons. The minimum atomic E-state index is -0.268. The van der Waals surface area contributed by atoms with Crippen molar-refractivity contribution in [1.29, 1.82) is 5.26 Å². The molecule has 31 heavy (non-hydrogen) atoms. The topological polar surface area (TPSA) is 84.8 Å². The summed E-state index contributed by atoms with van der Waals surface area (Å²) in [4.78, 5) is 16.5. The van der Waals surface area contributed by atoms with Crippen LogP contribution in [-0.4, -0.2) is 39.6 Å². The summed E-state index contributed by atoms with van der Waals surface area (Å²) in [6.45, 7) is 0.794. The average Bonchev–Trinajstić information content (AvgIpc) is 3.51. The molecule has 1 aliphatic carbocycles. The molecule has 3 aromatic rings. The van der Waals surface area contributed by atoms with Crippen LogP contribution in [0.25, 0.3) is 11.3 Å². The van der Waals surface area contributed by atoms with Gasteiger partial charge in [0.1, 0.15) is 5.82 Å². The third-order valence-electron chi connectivity index (χ3n) is 5.96. The molecule has 2 fully saturated rings. The number of rotatable bonds is 5. The summed E-state index contributed by atoms with van der Waals surface area (Å²) in [5.41, 5.74) is 1.98. The Bertz CT molecular complexity index is 1160. The average molecular weight is 434 g/mol. The molecule has 3 atom stereocenters. The second kappa shape index (κ2) is 8.08. The Morgan fingerprint density at radius 3 is 2.81 bits per heavy atom. The van der Waals surface area contributed by atoms with E-state index >= 15 is 0 Å². The van der Waals surface area contributed by atoms with Crippen molar-refractivity contribution in [3.05, 3.63) is 66.1 Å². The second-order valence-corrected chi connectivity index (χ2v) is 9.07. The Kier molecular flexibility index (Phi) is 5.12. The van der Waals surface area contributed by atoms with Crippen molar-refractivity contribution in [2.45, 2.75) is 34.7 Å². The highest BCUT2D eigenvalue weighted by Gasteiger charge is 2.45. The van der Waals surface area contributed by atoms with Crippen LogP contribution < -0.4 is 5.32 Å². The lowest BCUT2D eigenvalue weighted by molar-refractivity contribution is 0.0907. The van der Waals surface area contributed by atoms with Crippen molar-refractivity contribution in [3.8, 4) is 17.5 Å². The molecule has 2 N–H and O–H groups in total. The number of carbonyl (C=O) groups is 1. The monoisotopic (exact) mass is 433 g/mol. The predicted octanol–water partition coefficient (Wildman–Crippen LogP) is 4.04. The number of carbonyl (C=O) groups excluding carboxylic acids is 1. The summed E-state index contributed by atoms with van der Waals surface area (Å²) >= 11 is 1.52. The Labute approximate surface area is 183 Å². The Balaban J connectivity index is 1.32. The maximum atomic E-state index is 13.2. The van der Waals surface area contributed by atoms with Crippen molar-refractivity contribution in [3.63, 3.8) is 0 Å². The molecular formula is C23H20FN5OS. The van der Waals surface area contributed by atoms with Crippen LogP contribution in [0, 0.1) is 23.2 Å². The van der Waals surface area contributed by atoms with E-state index in [1.165, 1.54) is 23.9 Å². The van der Waals surface area contributed by atoms with Crippen LogP contribution in [0.1, 0.15) is 23.3 Å². The van der Waals surface area contributed by atoms with E-state index in [2.05, 4.69) is 21.7 Å². The van der Waals surface area contributed by atoms with Gasteiger partial charge in [-0.05, 0) is 55.2 Å². The van der Waals surface area contributed by atoms with Gasteiger partial charge in [-0.15, -0.1) is 0 Å². The van der Waals surface area contributed by atoms with Crippen molar-refractivity contribution in [2.75, 3.05) is 6.54 Å². The van der Waals surface area contributed by atoms with Gasteiger partial charge in [0.05, 0.1) is 17.8 Å². The Morgan fingerprint density at radius 2 is 2.03 bits per heavy atom. The predicted molar refractivity (Wildman–Crippen MR) is 115 cm³/mol. The van der Waals surface area contributed by atoms with Crippen LogP contribution in [0.15, 0.2) is 64.4 Å². The van der Waals surface area contributed by atoms with Crippen LogP contribution in [0.5, 0.6) is 0 Å². The van der Waals surface area contributed by atoms with Crippen molar-refractivity contribution >= 4 is 17.7 Å². The van der Waals surface area contributed by atoms with Gasteiger partial charge in [-0.25, -0.2) is 4.39 Å². The molecule has 2 bridgehead atoms. The molecule has 0 spiro atoms. The van der Waals surface area contributed by atoms with Gasteiger partial charge < -0.3 is 10.2 Å². The van der Waals surface area contributed by atoms with E-state index < -0.39 is 0 Å². The summed E-state index contributed by atoms with van der Waals surface area (Å²) in [6, 6.07) is 16.0. The Morgan fingerprint density at radius 1 is 1.23 bits per heavy atom. The molecule has 5 rings (SSSR count). The van der Waals surface area contributed by atoms with Crippen molar-refractivity contribution in [1.82, 2.24) is 20.4 Å². The lowest BCUT2D eigenvalue weighted by Crippen LogP contribution is -2.48. The molecule has 8 heteroatoms. The summed E-state index contributed by atoms with van der Waals surface area (Å²) in [5.74, 6) is -0.0306. The largest absolute Gasteiger partial charge is 0.346 e. The summed E-state index contributed by atoms with van der Waals surface area (Å²) < 4.78 is 13.2. The van der Waals surface area contributed by atoms with Gasteiger partial charge in [0.15, 0.2) is 11.9 Å². The zero-order valence-electron chi connectivity index (χ0n) is 16.6. The molecule has 1 saturated heterocycles. The number of nitriles is 1. The van der Waals surface area contributed by atoms with Gasteiger partial charge in [0, 0.05) is 21.9 Å². The van der Waals surface area contributed by atoms with Crippen LogP contribution in [0.2, 0.25) is 0 Å². The number of hydrogen-bond acceptors (Lipinski definition) is 5. The van der Waals surface area contributed by atoms with Crippen LogP contribution >= 0.6 is 11.8 Å². The first-order valence-corrected chi connectivity index (χ1v) is 11.0. The molecule has 2 aliphatic rings. The number of piperidine rings is 1. The smallest absolute Gasteiger partial charge is 0.272 e. The fraction of sp³-hybridized carbons (Fsp3) is 0.261. The first-order chi connectivity index (χ1) is 15.1. The number of aromatic nitrogens is 2. The first kappa shape index (κ1) is 19.6. The van der Waals surface area contributed by atoms with E-state index in [1.54, 1.807) is 23.1 Å². The van der Waals surface area contributed by atoms with Gasteiger partial charge in [-0.2, -0.15) is 10.4 Å². The quantitative estimate of drug-likeness (QED) is 0.593. The van der Waals surface area contributed by atoms with Gasteiger partial charge in [-0.3, -0.25) is 9.89 Å². The molecule has 1 aromatic heterocycles. The van der Waals surface area contributed by atoms with Crippen LogP contribution in [0.4, 0.5) is 4.39 Å². The number of H-pyrrole nitrogens is 1. The highest BCUT2D eigenvalue weighted by molar-refractivity contribution is 7.99. The Hall–Kier alpha value is -3.31. The molecule has 6 nitrogen and oxygen atoms in total. The number of nitrogens with zero attached hydrogens (tertiary/aromatic N) is 3. The zero-order valence-corrected chi connectivity index (χ0v) is 17.4. The molecule has 2 heterocycles. The zero-order chi connectivity index (χ0) is 21.4. The number of amides is 1. The standard InChI is InChI=1S/C23H20FN5OS/c24-15-5-7-16(8-6-15)31-22-4-2-1-3-17(22)18-11-20(28-27-18)23(30)26-19-9-14-10-21(19)29(12-14)13-25/h1-8,11,14,19,21H,9-10,12H2,(H,26,30)(H,27,28). The molecule has 1 saturated carbocycles. The maximum absolute atomic E-state index is 13.2. The molecule has 1 amide bonds. The number of aromatic amines is 1. The molecular weight excluding hydrogens is 413 g/mol. The molecule has 2 aromatic carbocycles. The van der Waals surface area contributed by atoms with E-state index in [-0.39, 0.29) is 23.8 Å². The maximum Gasteiger partial charge on any atom is 0.272 e.